The molecule has 1 fully saturated rings. The Bertz CT molecular complexity index is 1020. The lowest BCUT2D eigenvalue weighted by atomic mass is 9.94. The summed E-state index contributed by atoms with van der Waals surface area (Å²) in [4.78, 5) is 21.1. The summed E-state index contributed by atoms with van der Waals surface area (Å²) in [5.74, 6) is 1.03. The van der Waals surface area contributed by atoms with Crippen LogP contribution in [0.5, 0.6) is 0 Å². The van der Waals surface area contributed by atoms with E-state index in [0.29, 0.717) is 44.1 Å². The molecule has 32 heavy (non-hydrogen) atoms. The van der Waals surface area contributed by atoms with E-state index in [1.165, 1.54) is 6.07 Å². The fourth-order valence-electron chi connectivity index (χ4n) is 3.90. The van der Waals surface area contributed by atoms with Crippen molar-refractivity contribution in [3.05, 3.63) is 77.9 Å². The third kappa shape index (κ3) is 4.95. The lowest BCUT2D eigenvalue weighted by Gasteiger charge is -2.34. The molecule has 1 aliphatic heterocycles. The number of alkyl halides is 3. The highest BCUT2D eigenvalue weighted by atomic mass is 19.4. The number of amides is 1. The average Bonchev–Trinajstić information content (AvgIpc) is 3.31. The summed E-state index contributed by atoms with van der Waals surface area (Å²) in [6.45, 7) is 3.44. The van der Waals surface area contributed by atoms with Gasteiger partial charge in [-0.1, -0.05) is 17.7 Å². The molecule has 1 amide bonds. The number of carbonyl (C=O) groups excluding carboxylic acids is 1. The van der Waals surface area contributed by atoms with E-state index in [1.54, 1.807) is 17.2 Å². The predicted octanol–water partition coefficient (Wildman–Crippen LogP) is 5.45. The van der Waals surface area contributed by atoms with Crippen molar-refractivity contribution in [2.45, 2.75) is 32.5 Å². The molecule has 1 saturated heterocycles. The molecule has 1 aliphatic rings. The zero-order valence-electron chi connectivity index (χ0n) is 17.7. The van der Waals surface area contributed by atoms with E-state index in [4.69, 9.17) is 4.42 Å². The number of hydrogen-bond donors (Lipinski definition) is 0. The molecule has 4 rings (SSSR count). The van der Waals surface area contributed by atoms with Gasteiger partial charge in [0.25, 0.3) is 0 Å². The van der Waals surface area contributed by atoms with Gasteiger partial charge in [0.2, 0.25) is 5.91 Å². The molecule has 1 aromatic carbocycles. The number of hydrogen-bond acceptors (Lipinski definition) is 4. The number of piperidine rings is 1. The molecule has 0 saturated carbocycles. The Morgan fingerprint density at radius 2 is 1.84 bits per heavy atom. The second-order valence-electron chi connectivity index (χ2n) is 8.00. The van der Waals surface area contributed by atoms with Crippen molar-refractivity contribution in [1.82, 2.24) is 4.98 Å². The molecule has 3 heterocycles. The highest BCUT2D eigenvalue weighted by Crippen LogP contribution is 2.31. The van der Waals surface area contributed by atoms with E-state index in [-0.39, 0.29) is 11.8 Å². The number of aryl methyl sites for hydroxylation is 1. The van der Waals surface area contributed by atoms with E-state index in [1.807, 2.05) is 42.2 Å². The van der Waals surface area contributed by atoms with Crippen molar-refractivity contribution in [2.24, 2.45) is 5.92 Å². The third-order valence-electron chi connectivity index (χ3n) is 5.75. The summed E-state index contributed by atoms with van der Waals surface area (Å²) in [5.41, 5.74) is 1.15. The molecular weight excluding hydrogens is 419 g/mol. The number of nitrogens with zero attached hydrogens (tertiary/aromatic N) is 3. The fraction of sp³-hybridized carbons (Fsp3) is 0.333. The number of rotatable bonds is 5. The van der Waals surface area contributed by atoms with Gasteiger partial charge in [-0.25, -0.2) is 4.98 Å². The minimum atomic E-state index is -4.40. The van der Waals surface area contributed by atoms with Crippen molar-refractivity contribution < 1.29 is 22.4 Å². The SMILES string of the molecule is Cc1ccc(N(Cc2ccco2)C(=O)C2CCN(c3ccc(C(F)(F)F)cn3)CC2)cc1. The van der Waals surface area contributed by atoms with Gasteiger partial charge in [-0.15, -0.1) is 0 Å². The smallest absolute Gasteiger partial charge is 0.417 e. The molecule has 0 spiro atoms. The van der Waals surface area contributed by atoms with Crippen LogP contribution in [0.15, 0.2) is 65.4 Å². The predicted molar refractivity (Wildman–Crippen MR) is 115 cm³/mol. The normalized spacial score (nSPS) is 15.1. The van der Waals surface area contributed by atoms with E-state index >= 15 is 0 Å². The van der Waals surface area contributed by atoms with Crippen LogP contribution in [0.4, 0.5) is 24.7 Å². The molecule has 5 nitrogen and oxygen atoms in total. The Hall–Kier alpha value is -3.29. The monoisotopic (exact) mass is 443 g/mol. The zero-order valence-corrected chi connectivity index (χ0v) is 17.7. The first-order chi connectivity index (χ1) is 15.3. The Morgan fingerprint density at radius 3 is 2.41 bits per heavy atom. The molecule has 168 valence electrons. The molecule has 0 bridgehead atoms. The number of anilines is 2. The Labute approximate surface area is 184 Å². The van der Waals surface area contributed by atoms with Crippen molar-refractivity contribution in [2.75, 3.05) is 22.9 Å². The maximum atomic E-state index is 13.4. The molecule has 0 unspecified atom stereocenters. The Balaban J connectivity index is 1.44. The van der Waals surface area contributed by atoms with Gasteiger partial charge in [0.05, 0.1) is 18.4 Å². The number of pyridine rings is 1. The number of carbonyl (C=O) groups is 1. The van der Waals surface area contributed by atoms with Crippen molar-refractivity contribution >= 4 is 17.4 Å². The van der Waals surface area contributed by atoms with Crippen molar-refractivity contribution in [3.63, 3.8) is 0 Å². The Morgan fingerprint density at radius 1 is 1.12 bits per heavy atom. The van der Waals surface area contributed by atoms with Crippen LogP contribution < -0.4 is 9.80 Å². The maximum absolute atomic E-state index is 13.4. The largest absolute Gasteiger partial charge is 0.467 e. The van der Waals surface area contributed by atoms with Crippen LogP contribution >= 0.6 is 0 Å². The maximum Gasteiger partial charge on any atom is 0.417 e. The van der Waals surface area contributed by atoms with Crippen LogP contribution in [0.25, 0.3) is 0 Å². The lowest BCUT2D eigenvalue weighted by Crippen LogP contribution is -2.42. The summed E-state index contributed by atoms with van der Waals surface area (Å²) in [5, 5.41) is 0. The zero-order chi connectivity index (χ0) is 22.7. The summed E-state index contributed by atoms with van der Waals surface area (Å²) in [6.07, 6.45) is -0.764. The van der Waals surface area contributed by atoms with Gasteiger partial charge < -0.3 is 14.2 Å². The average molecular weight is 443 g/mol. The number of furan rings is 1. The third-order valence-corrected chi connectivity index (χ3v) is 5.75. The number of aromatic nitrogens is 1. The first-order valence-corrected chi connectivity index (χ1v) is 10.5. The standard InChI is InChI=1S/C24H24F3N3O2/c1-17-4-7-20(8-5-17)30(16-21-3-2-14-32-21)23(31)18-10-12-29(13-11-18)22-9-6-19(15-28-22)24(25,26)27/h2-9,14-15,18H,10-13,16H2,1H3. The van der Waals surface area contributed by atoms with Gasteiger partial charge in [0.1, 0.15) is 11.6 Å². The summed E-state index contributed by atoms with van der Waals surface area (Å²) in [6, 6.07) is 13.9. The fourth-order valence-corrected chi connectivity index (χ4v) is 3.90. The summed E-state index contributed by atoms with van der Waals surface area (Å²) < 4.78 is 43.8. The second-order valence-corrected chi connectivity index (χ2v) is 8.00. The minimum Gasteiger partial charge on any atom is -0.467 e. The van der Waals surface area contributed by atoms with Crippen LogP contribution in [0.2, 0.25) is 0 Å². The summed E-state index contributed by atoms with van der Waals surface area (Å²) in [7, 11) is 0. The molecule has 0 N–H and O–H groups in total. The van der Waals surface area contributed by atoms with Gasteiger partial charge in [-0.3, -0.25) is 4.79 Å². The van der Waals surface area contributed by atoms with E-state index in [0.717, 1.165) is 23.5 Å². The molecule has 2 aromatic heterocycles. The molecule has 8 heteroatoms. The van der Waals surface area contributed by atoms with Gasteiger partial charge in [0, 0.05) is 30.9 Å². The lowest BCUT2D eigenvalue weighted by molar-refractivity contribution is -0.137. The van der Waals surface area contributed by atoms with Gasteiger partial charge in [-0.05, 0) is 56.2 Å². The first-order valence-electron chi connectivity index (χ1n) is 10.5. The summed E-state index contributed by atoms with van der Waals surface area (Å²) >= 11 is 0. The molecule has 0 aliphatic carbocycles. The van der Waals surface area contributed by atoms with Crippen LogP contribution in [-0.4, -0.2) is 24.0 Å². The quantitative estimate of drug-likeness (QED) is 0.526. The van der Waals surface area contributed by atoms with Crippen LogP contribution in [0.1, 0.15) is 29.7 Å². The molecular formula is C24H24F3N3O2. The molecule has 3 aromatic rings. The first kappa shape index (κ1) is 21.9. The highest BCUT2D eigenvalue weighted by molar-refractivity contribution is 5.95. The van der Waals surface area contributed by atoms with Gasteiger partial charge in [0.15, 0.2) is 0 Å². The second kappa shape index (κ2) is 9.06. The van der Waals surface area contributed by atoms with Crippen molar-refractivity contribution in [1.29, 1.82) is 0 Å². The van der Waals surface area contributed by atoms with E-state index < -0.39 is 11.7 Å². The highest BCUT2D eigenvalue weighted by Gasteiger charge is 2.32. The minimum absolute atomic E-state index is 0.0188. The van der Waals surface area contributed by atoms with E-state index in [2.05, 4.69) is 4.98 Å². The molecule has 0 radical (unpaired) electrons. The topological polar surface area (TPSA) is 49.6 Å². The van der Waals surface area contributed by atoms with Gasteiger partial charge >= 0.3 is 6.18 Å². The van der Waals surface area contributed by atoms with Crippen LogP contribution in [0.3, 0.4) is 0 Å². The van der Waals surface area contributed by atoms with Crippen LogP contribution in [-0.2, 0) is 17.5 Å². The number of benzene rings is 1. The van der Waals surface area contributed by atoms with Gasteiger partial charge in [-0.2, -0.15) is 13.2 Å². The van der Waals surface area contributed by atoms with E-state index in [9.17, 15) is 18.0 Å². The van der Waals surface area contributed by atoms with Crippen molar-refractivity contribution in [3.8, 4) is 0 Å². The van der Waals surface area contributed by atoms with Crippen LogP contribution in [0, 0.1) is 12.8 Å². The Kier molecular flexibility index (Phi) is 6.21. The molecule has 0 atom stereocenters. The number of halogens is 3.